The van der Waals surface area contributed by atoms with Crippen molar-refractivity contribution in [2.24, 2.45) is 0 Å². The summed E-state index contributed by atoms with van der Waals surface area (Å²) >= 11 is 0. The Morgan fingerprint density at radius 2 is 1.86 bits per heavy atom. The Balaban J connectivity index is 2.43. The predicted molar refractivity (Wildman–Crippen MR) is 79.3 cm³/mol. The normalized spacial score (nSPS) is 11.0. The van der Waals surface area contributed by atoms with E-state index in [0.717, 1.165) is 5.56 Å². The molecule has 0 aliphatic rings. The molecule has 0 fully saturated rings. The van der Waals surface area contributed by atoms with E-state index in [1.807, 2.05) is 6.92 Å². The van der Waals surface area contributed by atoms with Crippen LogP contribution in [0.2, 0.25) is 0 Å². The zero-order valence-corrected chi connectivity index (χ0v) is 12.8. The molecule has 112 valence electrons. The van der Waals surface area contributed by atoms with Gasteiger partial charge in [-0.25, -0.2) is 8.42 Å². The lowest BCUT2D eigenvalue weighted by atomic mass is 10.3. The van der Waals surface area contributed by atoms with Crippen molar-refractivity contribution >= 4 is 15.7 Å². The first-order valence-corrected chi connectivity index (χ1v) is 7.61. The molecule has 2 rings (SSSR count). The maximum atomic E-state index is 12.5. The molecule has 1 N–H and O–H groups in total. The van der Waals surface area contributed by atoms with Crippen molar-refractivity contribution < 1.29 is 17.9 Å². The van der Waals surface area contributed by atoms with Gasteiger partial charge in [0.1, 0.15) is 16.4 Å². The minimum absolute atomic E-state index is 0.00542. The fourth-order valence-electron chi connectivity index (χ4n) is 1.81. The second-order valence-corrected chi connectivity index (χ2v) is 6.02. The molecule has 0 spiro atoms. The number of rotatable bonds is 5. The molecule has 0 aliphatic carbocycles. The second kappa shape index (κ2) is 6.01. The van der Waals surface area contributed by atoms with Crippen LogP contribution in [0, 0.1) is 6.92 Å². The van der Waals surface area contributed by atoms with Crippen LogP contribution in [-0.4, -0.2) is 27.6 Å². The number of anilines is 1. The van der Waals surface area contributed by atoms with E-state index in [2.05, 4.69) is 9.71 Å². The molecule has 7 heteroatoms. The molecule has 21 heavy (non-hydrogen) atoms. The van der Waals surface area contributed by atoms with E-state index in [4.69, 9.17) is 9.47 Å². The van der Waals surface area contributed by atoms with Gasteiger partial charge < -0.3 is 9.47 Å². The Morgan fingerprint density at radius 3 is 2.48 bits per heavy atom. The van der Waals surface area contributed by atoms with Gasteiger partial charge in [0.2, 0.25) is 0 Å². The van der Waals surface area contributed by atoms with Crippen LogP contribution < -0.4 is 14.2 Å². The number of nitrogens with zero attached hydrogens (tertiary/aromatic N) is 1. The fraction of sp³-hybridized carbons (Fsp3) is 0.214. The van der Waals surface area contributed by atoms with E-state index < -0.39 is 10.0 Å². The van der Waals surface area contributed by atoms with Gasteiger partial charge in [0.05, 0.1) is 26.1 Å². The number of ether oxygens (including phenoxy) is 2. The van der Waals surface area contributed by atoms with Gasteiger partial charge in [0, 0.05) is 12.3 Å². The van der Waals surface area contributed by atoms with Crippen molar-refractivity contribution in [1.82, 2.24) is 4.98 Å². The van der Waals surface area contributed by atoms with Crippen molar-refractivity contribution in [3.8, 4) is 11.5 Å². The first kappa shape index (κ1) is 15.1. The number of pyridine rings is 1. The quantitative estimate of drug-likeness (QED) is 0.916. The van der Waals surface area contributed by atoms with Gasteiger partial charge in [-0.2, -0.15) is 0 Å². The van der Waals surface area contributed by atoms with E-state index >= 15 is 0 Å². The summed E-state index contributed by atoms with van der Waals surface area (Å²) < 4.78 is 37.6. The van der Waals surface area contributed by atoms with Crippen LogP contribution >= 0.6 is 0 Å². The minimum atomic E-state index is -3.80. The summed E-state index contributed by atoms with van der Waals surface area (Å²) in [5.41, 5.74) is 1.24. The van der Waals surface area contributed by atoms with Gasteiger partial charge in [-0.05, 0) is 30.7 Å². The van der Waals surface area contributed by atoms with Gasteiger partial charge in [-0.1, -0.05) is 0 Å². The van der Waals surface area contributed by atoms with Gasteiger partial charge >= 0.3 is 0 Å². The number of methoxy groups -OCH3 is 2. The Bertz CT molecular complexity index is 744. The first-order valence-electron chi connectivity index (χ1n) is 6.13. The molecule has 1 heterocycles. The SMILES string of the molecule is COc1ccc(OC)c(S(=O)(=O)Nc2cncc(C)c2)c1. The zero-order chi connectivity index (χ0) is 15.5. The molecule has 0 unspecified atom stereocenters. The number of hydrogen-bond acceptors (Lipinski definition) is 5. The summed E-state index contributed by atoms with van der Waals surface area (Å²) in [4.78, 5) is 3.96. The first-order chi connectivity index (χ1) is 9.96. The highest BCUT2D eigenvalue weighted by Crippen LogP contribution is 2.29. The number of sulfonamides is 1. The van der Waals surface area contributed by atoms with Crippen LogP contribution in [-0.2, 0) is 10.0 Å². The highest BCUT2D eigenvalue weighted by molar-refractivity contribution is 7.92. The highest BCUT2D eigenvalue weighted by Gasteiger charge is 2.20. The van der Waals surface area contributed by atoms with Crippen LogP contribution in [0.15, 0.2) is 41.6 Å². The van der Waals surface area contributed by atoms with Crippen molar-refractivity contribution in [2.45, 2.75) is 11.8 Å². The number of aryl methyl sites for hydroxylation is 1. The molecule has 0 amide bonds. The van der Waals surface area contributed by atoms with E-state index in [1.54, 1.807) is 24.4 Å². The van der Waals surface area contributed by atoms with Gasteiger partial charge in [0.15, 0.2) is 0 Å². The van der Waals surface area contributed by atoms with E-state index in [9.17, 15) is 8.42 Å². The third-order valence-corrected chi connectivity index (χ3v) is 4.19. The van der Waals surface area contributed by atoms with Crippen LogP contribution in [0.3, 0.4) is 0 Å². The minimum Gasteiger partial charge on any atom is -0.497 e. The van der Waals surface area contributed by atoms with E-state index in [-0.39, 0.29) is 10.6 Å². The summed E-state index contributed by atoms with van der Waals surface area (Å²) in [5.74, 6) is 0.669. The molecule has 0 saturated heterocycles. The lowest BCUT2D eigenvalue weighted by Crippen LogP contribution is -2.14. The largest absolute Gasteiger partial charge is 0.497 e. The number of benzene rings is 1. The average Bonchev–Trinajstić information content (AvgIpc) is 2.46. The smallest absolute Gasteiger partial charge is 0.265 e. The lowest BCUT2D eigenvalue weighted by Gasteiger charge is -2.12. The van der Waals surface area contributed by atoms with Crippen LogP contribution in [0.4, 0.5) is 5.69 Å². The molecule has 0 bridgehead atoms. The Kier molecular flexibility index (Phi) is 4.32. The van der Waals surface area contributed by atoms with Crippen molar-refractivity contribution in [2.75, 3.05) is 18.9 Å². The van der Waals surface area contributed by atoms with Crippen LogP contribution in [0.5, 0.6) is 11.5 Å². The lowest BCUT2D eigenvalue weighted by molar-refractivity contribution is 0.392. The average molecular weight is 308 g/mol. The van der Waals surface area contributed by atoms with Crippen LogP contribution in [0.25, 0.3) is 0 Å². The van der Waals surface area contributed by atoms with Crippen molar-refractivity contribution in [3.63, 3.8) is 0 Å². The summed E-state index contributed by atoms with van der Waals surface area (Å²) in [6.45, 7) is 1.83. The molecule has 0 radical (unpaired) electrons. The third kappa shape index (κ3) is 3.43. The summed E-state index contributed by atoms with van der Waals surface area (Å²) in [7, 11) is -0.920. The molecule has 0 aliphatic heterocycles. The molecule has 2 aromatic rings. The maximum Gasteiger partial charge on any atom is 0.265 e. The van der Waals surface area contributed by atoms with Crippen LogP contribution in [0.1, 0.15) is 5.56 Å². The molecular weight excluding hydrogens is 292 g/mol. The Morgan fingerprint density at radius 1 is 1.10 bits per heavy atom. The third-order valence-electron chi connectivity index (χ3n) is 2.79. The highest BCUT2D eigenvalue weighted by atomic mass is 32.2. The van der Waals surface area contributed by atoms with Gasteiger partial charge in [-0.15, -0.1) is 0 Å². The Hall–Kier alpha value is -2.28. The summed E-state index contributed by atoms with van der Waals surface area (Å²) in [6, 6.07) is 6.27. The summed E-state index contributed by atoms with van der Waals surface area (Å²) in [5, 5.41) is 0. The maximum absolute atomic E-state index is 12.5. The van der Waals surface area contributed by atoms with E-state index in [0.29, 0.717) is 11.4 Å². The van der Waals surface area contributed by atoms with Gasteiger partial charge in [-0.3, -0.25) is 9.71 Å². The fourth-order valence-corrected chi connectivity index (χ4v) is 3.03. The van der Waals surface area contributed by atoms with E-state index in [1.165, 1.54) is 26.5 Å². The molecule has 1 aromatic carbocycles. The Labute approximate surface area is 123 Å². The number of aromatic nitrogens is 1. The number of nitrogens with one attached hydrogen (secondary N) is 1. The molecule has 1 aromatic heterocycles. The standard InChI is InChI=1S/C14H16N2O4S/c1-10-6-11(9-15-8-10)16-21(17,18)14-7-12(19-2)4-5-13(14)20-3/h4-9,16H,1-3H3. The van der Waals surface area contributed by atoms with Gasteiger partial charge in [0.25, 0.3) is 10.0 Å². The molecule has 0 atom stereocenters. The number of hydrogen-bond donors (Lipinski definition) is 1. The second-order valence-electron chi connectivity index (χ2n) is 4.37. The molecule has 6 nitrogen and oxygen atoms in total. The summed E-state index contributed by atoms with van der Waals surface area (Å²) in [6.07, 6.45) is 3.08. The predicted octanol–water partition coefficient (Wildman–Crippen LogP) is 2.21. The van der Waals surface area contributed by atoms with Crippen molar-refractivity contribution in [3.05, 3.63) is 42.2 Å². The monoisotopic (exact) mass is 308 g/mol. The molecule has 0 saturated carbocycles. The van der Waals surface area contributed by atoms with Crippen molar-refractivity contribution in [1.29, 1.82) is 0 Å². The topological polar surface area (TPSA) is 77.5 Å². The molecular formula is C14H16N2O4S. The zero-order valence-electron chi connectivity index (χ0n) is 12.0.